The van der Waals surface area contributed by atoms with Crippen LogP contribution in [-0.2, 0) is 10.0 Å². The lowest BCUT2D eigenvalue weighted by molar-refractivity contribution is 0.597. The Kier molecular flexibility index (Phi) is 3.78. The number of nitrogens with two attached hydrogens (primary N) is 1. The van der Waals surface area contributed by atoms with Crippen LogP contribution in [0.4, 0.5) is 11.4 Å². The summed E-state index contributed by atoms with van der Waals surface area (Å²) in [7, 11) is -2.25. The lowest BCUT2D eigenvalue weighted by Gasteiger charge is -2.19. The maximum Gasteiger partial charge on any atom is 0.248 e. The number of hydrogen-bond donors (Lipinski definition) is 1. The summed E-state index contributed by atoms with van der Waals surface area (Å²) in [6.45, 7) is 0. The molecule has 0 aliphatic carbocycles. The predicted octanol–water partition coefficient (Wildman–Crippen LogP) is 1.32. The van der Waals surface area contributed by atoms with Crippen molar-refractivity contribution in [3.8, 4) is 6.07 Å². The minimum Gasteiger partial charge on any atom is -0.397 e. The number of sulfonamides is 1. The van der Waals surface area contributed by atoms with Crippen LogP contribution in [0.1, 0.15) is 0 Å². The van der Waals surface area contributed by atoms with Crippen molar-refractivity contribution in [2.24, 2.45) is 0 Å². The largest absolute Gasteiger partial charge is 0.397 e. The lowest BCUT2D eigenvalue weighted by atomic mass is 10.3. The Hall–Kier alpha value is -1.26. The molecule has 0 bridgehead atoms. The van der Waals surface area contributed by atoms with Crippen molar-refractivity contribution in [2.45, 2.75) is 0 Å². The fourth-order valence-electron chi connectivity index (χ4n) is 1.14. The molecular weight excluding hydrogens is 294 g/mol. The van der Waals surface area contributed by atoms with Gasteiger partial charge in [-0.15, -0.1) is 0 Å². The number of nitrogens with zero attached hydrogens (tertiary/aromatic N) is 2. The van der Waals surface area contributed by atoms with Gasteiger partial charge in [0.05, 0.1) is 17.4 Å². The molecule has 86 valence electrons. The van der Waals surface area contributed by atoms with Gasteiger partial charge in [0.25, 0.3) is 0 Å². The number of nitrogen functional groups attached to an aromatic ring is 1. The van der Waals surface area contributed by atoms with Gasteiger partial charge in [0.1, 0.15) is 0 Å². The van der Waals surface area contributed by atoms with E-state index in [1.807, 2.05) is 0 Å². The molecule has 1 aromatic carbocycles. The summed E-state index contributed by atoms with van der Waals surface area (Å²) in [5, 5.41) is 8.42. The highest BCUT2D eigenvalue weighted by molar-refractivity contribution is 9.10. The third kappa shape index (κ3) is 2.65. The molecule has 0 aromatic heterocycles. The molecule has 5 nitrogen and oxygen atoms in total. The first-order chi connectivity index (χ1) is 7.38. The number of hydrogen-bond acceptors (Lipinski definition) is 4. The Bertz CT molecular complexity index is 536. The van der Waals surface area contributed by atoms with Crippen LogP contribution in [-0.4, -0.2) is 21.2 Å². The molecule has 2 N–H and O–H groups in total. The summed E-state index contributed by atoms with van der Waals surface area (Å²) in [6, 6.07) is 6.48. The second kappa shape index (κ2) is 4.72. The van der Waals surface area contributed by atoms with E-state index in [1.165, 1.54) is 7.05 Å². The van der Waals surface area contributed by atoms with E-state index in [-0.39, 0.29) is 0 Å². The van der Waals surface area contributed by atoms with Crippen molar-refractivity contribution in [3.05, 3.63) is 22.7 Å². The molecular formula is C9H10BrN3O2S. The van der Waals surface area contributed by atoms with E-state index in [1.54, 1.807) is 24.3 Å². The van der Waals surface area contributed by atoms with Gasteiger partial charge in [-0.3, -0.25) is 4.31 Å². The van der Waals surface area contributed by atoms with E-state index in [4.69, 9.17) is 11.0 Å². The van der Waals surface area contributed by atoms with Crippen molar-refractivity contribution < 1.29 is 8.42 Å². The van der Waals surface area contributed by atoms with Crippen molar-refractivity contribution in [1.82, 2.24) is 0 Å². The normalized spacial score (nSPS) is 10.8. The SMILES string of the molecule is CN(c1ccc(Br)cc1N)S(=O)(=O)CC#N. The molecule has 0 aliphatic heterocycles. The molecule has 0 unspecified atom stereocenters. The summed E-state index contributed by atoms with van der Waals surface area (Å²) in [5.41, 5.74) is 6.39. The highest BCUT2D eigenvalue weighted by atomic mass is 79.9. The van der Waals surface area contributed by atoms with Gasteiger partial charge >= 0.3 is 0 Å². The molecule has 16 heavy (non-hydrogen) atoms. The molecule has 0 radical (unpaired) electrons. The van der Waals surface area contributed by atoms with Gasteiger partial charge in [0.15, 0.2) is 5.75 Å². The summed E-state index contributed by atoms with van der Waals surface area (Å²) in [5.74, 6) is -0.570. The quantitative estimate of drug-likeness (QED) is 0.853. The van der Waals surface area contributed by atoms with Crippen LogP contribution in [0, 0.1) is 11.3 Å². The lowest BCUT2D eigenvalue weighted by Crippen LogP contribution is -2.29. The minimum absolute atomic E-state index is 0.332. The van der Waals surface area contributed by atoms with E-state index in [0.717, 1.165) is 8.78 Å². The fourth-order valence-corrected chi connectivity index (χ4v) is 2.34. The van der Waals surface area contributed by atoms with E-state index in [0.29, 0.717) is 11.4 Å². The molecule has 0 aliphatic rings. The second-order valence-corrected chi connectivity index (χ2v) is 6.00. The zero-order valence-corrected chi connectivity index (χ0v) is 10.9. The molecule has 1 rings (SSSR count). The Balaban J connectivity index is 3.16. The summed E-state index contributed by atoms with van der Waals surface area (Å²) in [4.78, 5) is 0. The molecule has 0 saturated heterocycles. The van der Waals surface area contributed by atoms with Crippen LogP contribution in [0.25, 0.3) is 0 Å². The Morgan fingerprint density at radius 2 is 2.19 bits per heavy atom. The first-order valence-electron chi connectivity index (χ1n) is 4.27. The Labute approximate surface area is 103 Å². The molecule has 1 aromatic rings. The molecule has 0 amide bonds. The van der Waals surface area contributed by atoms with Gasteiger partial charge in [0, 0.05) is 11.5 Å². The zero-order valence-electron chi connectivity index (χ0n) is 8.51. The monoisotopic (exact) mass is 303 g/mol. The van der Waals surface area contributed by atoms with Crippen LogP contribution in [0.15, 0.2) is 22.7 Å². The van der Waals surface area contributed by atoms with Gasteiger partial charge in [-0.25, -0.2) is 8.42 Å². The van der Waals surface area contributed by atoms with E-state index in [2.05, 4.69) is 15.9 Å². The number of nitriles is 1. The average molecular weight is 304 g/mol. The number of rotatable bonds is 3. The first kappa shape index (κ1) is 12.8. The van der Waals surface area contributed by atoms with Crippen LogP contribution < -0.4 is 10.0 Å². The maximum atomic E-state index is 11.6. The van der Waals surface area contributed by atoms with Crippen LogP contribution in [0.5, 0.6) is 0 Å². The van der Waals surface area contributed by atoms with E-state index >= 15 is 0 Å². The number of anilines is 2. The Morgan fingerprint density at radius 3 is 2.69 bits per heavy atom. The summed E-state index contributed by atoms with van der Waals surface area (Å²) in [6.07, 6.45) is 0. The smallest absolute Gasteiger partial charge is 0.248 e. The molecule has 0 atom stereocenters. The van der Waals surface area contributed by atoms with Crippen LogP contribution >= 0.6 is 15.9 Å². The van der Waals surface area contributed by atoms with E-state index in [9.17, 15) is 8.42 Å². The third-order valence-corrected chi connectivity index (χ3v) is 4.01. The standard InChI is InChI=1S/C9H10BrN3O2S/c1-13(16(14,15)5-4-11)9-3-2-7(10)6-8(9)12/h2-3,6H,5,12H2,1H3. The van der Waals surface area contributed by atoms with Crippen LogP contribution in [0.2, 0.25) is 0 Å². The van der Waals surface area contributed by atoms with Crippen molar-refractivity contribution in [3.63, 3.8) is 0 Å². The topological polar surface area (TPSA) is 87.2 Å². The van der Waals surface area contributed by atoms with Crippen molar-refractivity contribution in [2.75, 3.05) is 22.8 Å². The van der Waals surface area contributed by atoms with Gasteiger partial charge < -0.3 is 5.73 Å². The highest BCUT2D eigenvalue weighted by Gasteiger charge is 2.19. The first-order valence-corrected chi connectivity index (χ1v) is 6.67. The van der Waals surface area contributed by atoms with Crippen molar-refractivity contribution in [1.29, 1.82) is 5.26 Å². The van der Waals surface area contributed by atoms with E-state index < -0.39 is 15.8 Å². The van der Waals surface area contributed by atoms with Crippen LogP contribution in [0.3, 0.4) is 0 Å². The molecule has 0 spiro atoms. The second-order valence-electron chi connectivity index (χ2n) is 3.08. The molecule has 7 heteroatoms. The van der Waals surface area contributed by atoms with Gasteiger partial charge in [-0.1, -0.05) is 15.9 Å². The zero-order chi connectivity index (χ0) is 12.3. The minimum atomic E-state index is -3.62. The number of benzene rings is 1. The Morgan fingerprint density at radius 1 is 1.56 bits per heavy atom. The molecule has 0 saturated carbocycles. The van der Waals surface area contributed by atoms with Gasteiger partial charge in [-0.2, -0.15) is 5.26 Å². The fraction of sp³-hybridized carbons (Fsp3) is 0.222. The van der Waals surface area contributed by atoms with Gasteiger partial charge in [0.2, 0.25) is 10.0 Å². The predicted molar refractivity (Wildman–Crippen MR) is 66.4 cm³/mol. The maximum absolute atomic E-state index is 11.6. The third-order valence-electron chi connectivity index (χ3n) is 1.99. The summed E-state index contributed by atoms with van der Waals surface area (Å²) >= 11 is 3.23. The molecule has 0 heterocycles. The summed E-state index contributed by atoms with van der Waals surface area (Å²) < 4.78 is 25.0. The average Bonchev–Trinajstić information content (AvgIpc) is 2.16. The van der Waals surface area contributed by atoms with Gasteiger partial charge in [-0.05, 0) is 18.2 Å². The number of halogens is 1. The molecule has 0 fully saturated rings. The highest BCUT2D eigenvalue weighted by Crippen LogP contribution is 2.27. The van der Waals surface area contributed by atoms with Crippen molar-refractivity contribution >= 4 is 37.3 Å².